The molecule has 0 aromatic heterocycles. The van der Waals surface area contributed by atoms with Crippen LogP contribution in [0.5, 0.6) is 11.5 Å². The van der Waals surface area contributed by atoms with Crippen LogP contribution in [0.4, 0.5) is 0 Å². The Morgan fingerprint density at radius 2 is 1.48 bits per heavy atom. The van der Waals surface area contributed by atoms with E-state index in [-0.39, 0.29) is 0 Å². The average Bonchev–Trinajstić information content (AvgIpc) is 2.68. The molecule has 0 aliphatic rings. The molecular weight excluding hydrogens is 356 g/mol. The molecule has 0 saturated carbocycles. The minimum absolute atomic E-state index is 0.558. The van der Waals surface area contributed by atoms with Crippen LogP contribution in [-0.2, 0) is 0 Å². The Kier molecular flexibility index (Phi) is 4.91. The van der Waals surface area contributed by atoms with Crippen LogP contribution in [-0.4, -0.2) is 13.2 Å². The number of hydrogen-bond acceptors (Lipinski definition) is 2. The van der Waals surface area contributed by atoms with Crippen molar-refractivity contribution >= 4 is 33.1 Å². The van der Waals surface area contributed by atoms with Crippen LogP contribution in [0, 0.1) is 0 Å². The zero-order chi connectivity index (χ0) is 18.8. The Morgan fingerprint density at radius 1 is 0.741 bits per heavy atom. The van der Waals surface area contributed by atoms with Crippen LogP contribution in [0.1, 0.15) is 13.8 Å². The molecule has 0 unspecified atom stereocenters. The van der Waals surface area contributed by atoms with Crippen LogP contribution in [0.2, 0.25) is 5.02 Å². The molecule has 0 bridgehead atoms. The van der Waals surface area contributed by atoms with Gasteiger partial charge in [-0.3, -0.25) is 0 Å². The molecule has 0 amide bonds. The molecule has 0 N–H and O–H groups in total. The van der Waals surface area contributed by atoms with Crippen LogP contribution in [0.25, 0.3) is 32.7 Å². The van der Waals surface area contributed by atoms with E-state index in [0.29, 0.717) is 18.2 Å². The molecule has 0 aliphatic carbocycles. The Hall–Kier alpha value is -2.71. The third-order valence-electron chi connectivity index (χ3n) is 4.67. The molecule has 136 valence electrons. The number of para-hydroxylation sites is 1. The molecule has 0 spiro atoms. The molecule has 0 fully saturated rings. The zero-order valence-corrected chi connectivity index (χ0v) is 16.2. The standard InChI is InChI=1S/C24H21ClO2/c1-3-26-22-11-7-10-19(24(22)27-4-2)23-20-15-17-9-6-5-8-16(17)14-18(20)12-13-21(23)25/h5-15H,3-4H2,1-2H3. The van der Waals surface area contributed by atoms with Gasteiger partial charge in [-0.15, -0.1) is 0 Å². The first-order chi connectivity index (χ1) is 13.2. The van der Waals surface area contributed by atoms with E-state index in [0.717, 1.165) is 33.4 Å². The van der Waals surface area contributed by atoms with Gasteiger partial charge in [0.05, 0.1) is 13.2 Å². The lowest BCUT2D eigenvalue weighted by Crippen LogP contribution is -2.00. The first kappa shape index (κ1) is 17.7. The highest BCUT2D eigenvalue weighted by Gasteiger charge is 2.17. The van der Waals surface area contributed by atoms with E-state index in [1.807, 2.05) is 38.1 Å². The maximum Gasteiger partial charge on any atom is 0.169 e. The van der Waals surface area contributed by atoms with Crippen LogP contribution < -0.4 is 9.47 Å². The van der Waals surface area contributed by atoms with Crippen molar-refractivity contribution in [3.8, 4) is 22.6 Å². The Bertz CT molecular complexity index is 1120. The molecule has 27 heavy (non-hydrogen) atoms. The molecule has 4 rings (SSSR count). The number of benzene rings is 4. The van der Waals surface area contributed by atoms with Crippen molar-refractivity contribution < 1.29 is 9.47 Å². The van der Waals surface area contributed by atoms with Crippen LogP contribution >= 0.6 is 11.6 Å². The molecule has 3 heteroatoms. The van der Waals surface area contributed by atoms with Crippen molar-refractivity contribution in [3.05, 3.63) is 71.8 Å². The van der Waals surface area contributed by atoms with Gasteiger partial charge < -0.3 is 9.47 Å². The van der Waals surface area contributed by atoms with Crippen LogP contribution in [0.15, 0.2) is 66.7 Å². The van der Waals surface area contributed by atoms with E-state index in [1.54, 1.807) is 0 Å². The van der Waals surface area contributed by atoms with Gasteiger partial charge in [0.25, 0.3) is 0 Å². The predicted octanol–water partition coefficient (Wildman–Crippen LogP) is 7.11. The highest BCUT2D eigenvalue weighted by molar-refractivity contribution is 6.35. The molecule has 4 aromatic carbocycles. The van der Waals surface area contributed by atoms with Crippen LogP contribution in [0.3, 0.4) is 0 Å². The van der Waals surface area contributed by atoms with Crippen molar-refractivity contribution in [1.82, 2.24) is 0 Å². The third-order valence-corrected chi connectivity index (χ3v) is 4.99. The summed E-state index contributed by atoms with van der Waals surface area (Å²) in [7, 11) is 0. The molecular formula is C24H21ClO2. The molecule has 0 saturated heterocycles. The van der Waals surface area contributed by atoms with Crippen molar-refractivity contribution in [2.75, 3.05) is 13.2 Å². The lowest BCUT2D eigenvalue weighted by Gasteiger charge is -2.18. The molecule has 0 aliphatic heterocycles. The summed E-state index contributed by atoms with van der Waals surface area (Å²) in [5.41, 5.74) is 1.93. The molecule has 0 heterocycles. The fourth-order valence-corrected chi connectivity index (χ4v) is 3.80. The minimum atomic E-state index is 0.558. The van der Waals surface area contributed by atoms with Gasteiger partial charge in [0, 0.05) is 16.1 Å². The summed E-state index contributed by atoms with van der Waals surface area (Å²) < 4.78 is 11.8. The van der Waals surface area contributed by atoms with E-state index in [1.165, 1.54) is 10.8 Å². The average molecular weight is 377 g/mol. The number of fused-ring (bicyclic) bond motifs is 2. The summed E-state index contributed by atoms with van der Waals surface area (Å²) in [5.74, 6) is 1.48. The summed E-state index contributed by atoms with van der Waals surface area (Å²) in [6.07, 6.45) is 0. The minimum Gasteiger partial charge on any atom is -0.490 e. The highest BCUT2D eigenvalue weighted by Crippen LogP contribution is 2.44. The lowest BCUT2D eigenvalue weighted by atomic mass is 9.94. The second kappa shape index (κ2) is 7.50. The van der Waals surface area contributed by atoms with E-state index in [9.17, 15) is 0 Å². The summed E-state index contributed by atoms with van der Waals surface area (Å²) in [6.45, 7) is 5.09. The van der Waals surface area contributed by atoms with Crippen molar-refractivity contribution in [2.45, 2.75) is 13.8 Å². The fraction of sp³-hybridized carbons (Fsp3) is 0.167. The summed E-state index contributed by atoms with van der Waals surface area (Å²) in [5, 5.41) is 5.36. The summed E-state index contributed by atoms with van der Waals surface area (Å²) in [6, 6.07) is 22.8. The topological polar surface area (TPSA) is 18.5 Å². The predicted molar refractivity (Wildman–Crippen MR) is 114 cm³/mol. The van der Waals surface area contributed by atoms with Gasteiger partial charge in [-0.05, 0) is 59.7 Å². The quantitative estimate of drug-likeness (QED) is 0.345. The third kappa shape index (κ3) is 3.22. The smallest absolute Gasteiger partial charge is 0.169 e. The maximum absolute atomic E-state index is 6.69. The SMILES string of the molecule is CCOc1cccc(-c2c(Cl)ccc3cc4ccccc4cc23)c1OCC. The lowest BCUT2D eigenvalue weighted by molar-refractivity contribution is 0.289. The second-order valence-corrected chi connectivity index (χ2v) is 6.75. The van der Waals surface area contributed by atoms with Gasteiger partial charge in [0.1, 0.15) is 0 Å². The second-order valence-electron chi connectivity index (χ2n) is 6.34. The molecule has 0 atom stereocenters. The Labute approximate surface area is 164 Å². The largest absolute Gasteiger partial charge is 0.490 e. The molecule has 2 nitrogen and oxygen atoms in total. The van der Waals surface area contributed by atoms with Gasteiger partial charge in [-0.25, -0.2) is 0 Å². The number of ether oxygens (including phenoxy) is 2. The Balaban J connectivity index is 2.05. The number of hydrogen-bond donors (Lipinski definition) is 0. The van der Waals surface area contributed by atoms with E-state index in [4.69, 9.17) is 21.1 Å². The van der Waals surface area contributed by atoms with Gasteiger partial charge in [-0.2, -0.15) is 0 Å². The number of halogens is 1. The Morgan fingerprint density at radius 3 is 2.22 bits per heavy atom. The maximum atomic E-state index is 6.69. The summed E-state index contributed by atoms with van der Waals surface area (Å²) >= 11 is 6.69. The summed E-state index contributed by atoms with van der Waals surface area (Å²) in [4.78, 5) is 0. The normalized spacial score (nSPS) is 11.1. The van der Waals surface area contributed by atoms with E-state index in [2.05, 4.69) is 42.5 Å². The molecule has 0 radical (unpaired) electrons. The first-order valence-corrected chi connectivity index (χ1v) is 9.60. The number of rotatable bonds is 5. The first-order valence-electron chi connectivity index (χ1n) is 9.23. The highest BCUT2D eigenvalue weighted by atomic mass is 35.5. The van der Waals surface area contributed by atoms with Gasteiger partial charge >= 0.3 is 0 Å². The van der Waals surface area contributed by atoms with Crippen molar-refractivity contribution in [3.63, 3.8) is 0 Å². The van der Waals surface area contributed by atoms with E-state index >= 15 is 0 Å². The fourth-order valence-electron chi connectivity index (χ4n) is 3.54. The van der Waals surface area contributed by atoms with Crippen molar-refractivity contribution in [1.29, 1.82) is 0 Å². The molecule has 4 aromatic rings. The van der Waals surface area contributed by atoms with Crippen molar-refractivity contribution in [2.24, 2.45) is 0 Å². The van der Waals surface area contributed by atoms with Gasteiger partial charge in [0.15, 0.2) is 11.5 Å². The van der Waals surface area contributed by atoms with E-state index < -0.39 is 0 Å². The zero-order valence-electron chi connectivity index (χ0n) is 15.5. The van der Waals surface area contributed by atoms with Gasteiger partial charge in [-0.1, -0.05) is 54.1 Å². The monoisotopic (exact) mass is 376 g/mol. The van der Waals surface area contributed by atoms with Gasteiger partial charge in [0.2, 0.25) is 0 Å².